The Labute approximate surface area is 105 Å². The van der Waals surface area contributed by atoms with Crippen molar-refractivity contribution in [1.82, 2.24) is 5.32 Å². The third-order valence-corrected chi connectivity index (χ3v) is 4.54. The van der Waals surface area contributed by atoms with E-state index >= 15 is 0 Å². The molecule has 0 bridgehead atoms. The normalized spacial score (nSPS) is 35.3. The van der Waals surface area contributed by atoms with Crippen LogP contribution in [0.4, 0.5) is 0 Å². The van der Waals surface area contributed by atoms with E-state index in [1.165, 1.54) is 38.5 Å². The molecular weight excluding hydrogens is 214 g/mol. The number of aliphatic hydroxyl groups is 1. The Balaban J connectivity index is 1.59. The van der Waals surface area contributed by atoms with Crippen LogP contribution in [0.15, 0.2) is 0 Å². The lowest BCUT2D eigenvalue weighted by atomic mass is 9.87. The van der Waals surface area contributed by atoms with Crippen molar-refractivity contribution >= 4 is 0 Å². The molecule has 1 heterocycles. The Morgan fingerprint density at radius 2 is 2.06 bits per heavy atom. The van der Waals surface area contributed by atoms with Crippen molar-refractivity contribution in [3.8, 4) is 0 Å². The molecule has 1 aliphatic carbocycles. The molecule has 0 aromatic heterocycles. The molecule has 3 heteroatoms. The first-order valence-electron chi connectivity index (χ1n) is 7.25. The predicted octanol–water partition coefficient (Wildman–Crippen LogP) is 2.09. The maximum atomic E-state index is 10.3. The zero-order valence-corrected chi connectivity index (χ0v) is 11.1. The van der Waals surface area contributed by atoms with Crippen LogP contribution in [0.1, 0.15) is 51.9 Å². The van der Waals surface area contributed by atoms with Crippen LogP contribution in [-0.4, -0.2) is 36.5 Å². The van der Waals surface area contributed by atoms with Gasteiger partial charge < -0.3 is 15.2 Å². The molecule has 0 radical (unpaired) electrons. The zero-order valence-electron chi connectivity index (χ0n) is 11.1. The number of rotatable bonds is 5. The zero-order chi connectivity index (χ0) is 12.1. The van der Waals surface area contributed by atoms with E-state index in [4.69, 9.17) is 4.74 Å². The summed E-state index contributed by atoms with van der Waals surface area (Å²) in [5.41, 5.74) is -0.632. The Hall–Kier alpha value is -0.120. The molecule has 100 valence electrons. The third kappa shape index (κ3) is 3.67. The molecule has 2 rings (SSSR count). The Bertz CT molecular complexity index is 228. The molecule has 2 atom stereocenters. The molecule has 17 heavy (non-hydrogen) atoms. The van der Waals surface area contributed by atoms with Crippen molar-refractivity contribution in [2.75, 3.05) is 19.7 Å². The standard InChI is InChI=1S/C14H27NO2/c1-12-14(16,8-10-17-12)11-15-9-7-13-5-3-2-4-6-13/h12-13,15-16H,2-11H2,1H3. The summed E-state index contributed by atoms with van der Waals surface area (Å²) in [5.74, 6) is 0.920. The fourth-order valence-corrected chi connectivity index (χ4v) is 3.09. The highest BCUT2D eigenvalue weighted by atomic mass is 16.5. The minimum atomic E-state index is -0.632. The Morgan fingerprint density at radius 3 is 2.71 bits per heavy atom. The summed E-state index contributed by atoms with van der Waals surface area (Å²) in [6, 6.07) is 0. The molecule has 1 saturated carbocycles. The van der Waals surface area contributed by atoms with Gasteiger partial charge in [0.25, 0.3) is 0 Å². The van der Waals surface area contributed by atoms with Crippen molar-refractivity contribution in [2.24, 2.45) is 5.92 Å². The second-order valence-corrected chi connectivity index (χ2v) is 5.84. The molecule has 1 saturated heterocycles. The molecule has 1 aliphatic heterocycles. The van der Waals surface area contributed by atoms with Crippen LogP contribution in [0, 0.1) is 5.92 Å². The molecule has 2 aliphatic rings. The lowest BCUT2D eigenvalue weighted by Crippen LogP contribution is -2.46. The minimum Gasteiger partial charge on any atom is -0.386 e. The van der Waals surface area contributed by atoms with Crippen LogP contribution in [-0.2, 0) is 4.74 Å². The molecule has 0 spiro atoms. The first-order chi connectivity index (χ1) is 8.21. The number of hydrogen-bond donors (Lipinski definition) is 2. The van der Waals surface area contributed by atoms with Gasteiger partial charge in [0.15, 0.2) is 0 Å². The van der Waals surface area contributed by atoms with Crippen LogP contribution >= 0.6 is 0 Å². The van der Waals surface area contributed by atoms with Crippen molar-refractivity contribution in [3.63, 3.8) is 0 Å². The number of nitrogens with one attached hydrogen (secondary N) is 1. The highest BCUT2D eigenvalue weighted by Crippen LogP contribution is 2.27. The average Bonchev–Trinajstić information content (AvgIpc) is 2.67. The largest absolute Gasteiger partial charge is 0.386 e. The van der Waals surface area contributed by atoms with E-state index in [1.54, 1.807) is 0 Å². The van der Waals surface area contributed by atoms with E-state index in [1.807, 2.05) is 6.92 Å². The van der Waals surface area contributed by atoms with Crippen LogP contribution < -0.4 is 5.32 Å². The van der Waals surface area contributed by atoms with Gasteiger partial charge in [-0.1, -0.05) is 32.1 Å². The van der Waals surface area contributed by atoms with E-state index < -0.39 is 5.60 Å². The van der Waals surface area contributed by atoms with E-state index in [0.717, 1.165) is 18.9 Å². The summed E-state index contributed by atoms with van der Waals surface area (Å²) in [5, 5.41) is 13.7. The molecule has 2 N–H and O–H groups in total. The maximum Gasteiger partial charge on any atom is 0.105 e. The van der Waals surface area contributed by atoms with Gasteiger partial charge in [-0.25, -0.2) is 0 Å². The lowest BCUT2D eigenvalue weighted by Gasteiger charge is -2.27. The van der Waals surface area contributed by atoms with Gasteiger partial charge in [-0.15, -0.1) is 0 Å². The minimum absolute atomic E-state index is 0.0234. The van der Waals surface area contributed by atoms with E-state index in [9.17, 15) is 5.11 Å². The molecule has 2 unspecified atom stereocenters. The fraction of sp³-hybridized carbons (Fsp3) is 1.00. The van der Waals surface area contributed by atoms with Gasteiger partial charge in [-0.3, -0.25) is 0 Å². The summed E-state index contributed by atoms with van der Waals surface area (Å²) in [7, 11) is 0. The first kappa shape index (κ1) is 13.3. The maximum absolute atomic E-state index is 10.3. The van der Waals surface area contributed by atoms with Gasteiger partial charge in [0, 0.05) is 19.6 Å². The van der Waals surface area contributed by atoms with E-state index in [0.29, 0.717) is 13.2 Å². The third-order valence-electron chi connectivity index (χ3n) is 4.54. The van der Waals surface area contributed by atoms with Crippen LogP contribution in [0.3, 0.4) is 0 Å². The quantitative estimate of drug-likeness (QED) is 0.724. The molecule has 0 aromatic rings. The van der Waals surface area contributed by atoms with Crippen LogP contribution in [0.25, 0.3) is 0 Å². The van der Waals surface area contributed by atoms with Gasteiger partial charge in [0.2, 0.25) is 0 Å². The molecule has 2 fully saturated rings. The van der Waals surface area contributed by atoms with Gasteiger partial charge in [-0.05, 0) is 25.8 Å². The van der Waals surface area contributed by atoms with E-state index in [-0.39, 0.29) is 6.10 Å². The van der Waals surface area contributed by atoms with Gasteiger partial charge in [0.1, 0.15) is 5.60 Å². The SMILES string of the molecule is CC1OCCC1(O)CNCCC1CCCCC1. The van der Waals surface area contributed by atoms with Crippen molar-refractivity contribution in [1.29, 1.82) is 0 Å². The Morgan fingerprint density at radius 1 is 1.29 bits per heavy atom. The van der Waals surface area contributed by atoms with Crippen molar-refractivity contribution in [2.45, 2.75) is 63.6 Å². The number of ether oxygens (including phenoxy) is 1. The summed E-state index contributed by atoms with van der Waals surface area (Å²) >= 11 is 0. The van der Waals surface area contributed by atoms with Crippen LogP contribution in [0.5, 0.6) is 0 Å². The van der Waals surface area contributed by atoms with Crippen molar-refractivity contribution < 1.29 is 9.84 Å². The first-order valence-corrected chi connectivity index (χ1v) is 7.25. The molecule has 0 aromatic carbocycles. The van der Waals surface area contributed by atoms with Gasteiger partial charge in [-0.2, -0.15) is 0 Å². The predicted molar refractivity (Wildman–Crippen MR) is 69.0 cm³/mol. The topological polar surface area (TPSA) is 41.5 Å². The van der Waals surface area contributed by atoms with Crippen molar-refractivity contribution in [3.05, 3.63) is 0 Å². The average molecular weight is 241 g/mol. The smallest absolute Gasteiger partial charge is 0.105 e. The summed E-state index contributed by atoms with van der Waals surface area (Å²) in [4.78, 5) is 0. The second-order valence-electron chi connectivity index (χ2n) is 5.84. The second kappa shape index (κ2) is 6.17. The summed E-state index contributed by atoms with van der Waals surface area (Å²) in [6.45, 7) is 4.39. The fourth-order valence-electron chi connectivity index (χ4n) is 3.09. The molecular formula is C14H27NO2. The van der Waals surface area contributed by atoms with Gasteiger partial charge in [0.05, 0.1) is 6.10 Å². The summed E-state index contributed by atoms with van der Waals surface area (Å²) in [6.07, 6.45) is 9.09. The highest BCUT2D eigenvalue weighted by Gasteiger charge is 2.38. The number of hydrogen-bond acceptors (Lipinski definition) is 3. The van der Waals surface area contributed by atoms with E-state index in [2.05, 4.69) is 5.32 Å². The highest BCUT2D eigenvalue weighted by molar-refractivity contribution is 4.91. The lowest BCUT2D eigenvalue weighted by molar-refractivity contribution is -0.0261. The monoisotopic (exact) mass is 241 g/mol. The molecule has 3 nitrogen and oxygen atoms in total. The van der Waals surface area contributed by atoms with Crippen LogP contribution in [0.2, 0.25) is 0 Å². The molecule has 0 amide bonds. The van der Waals surface area contributed by atoms with Gasteiger partial charge >= 0.3 is 0 Å². The summed E-state index contributed by atoms with van der Waals surface area (Å²) < 4.78 is 5.43. The Kier molecular flexibility index (Phi) is 4.83.